The van der Waals surface area contributed by atoms with E-state index in [0.717, 1.165) is 24.7 Å². The molecule has 0 saturated carbocycles. The molecule has 0 saturated heterocycles. The van der Waals surface area contributed by atoms with Crippen molar-refractivity contribution in [1.82, 2.24) is 5.32 Å². The molecule has 2 rings (SSSR count). The molecule has 1 aliphatic heterocycles. The van der Waals surface area contributed by atoms with Gasteiger partial charge in [0.05, 0.1) is 23.1 Å². The summed E-state index contributed by atoms with van der Waals surface area (Å²) in [5.74, 6) is 0.847. The molecule has 0 radical (unpaired) electrons. The van der Waals surface area contributed by atoms with E-state index >= 15 is 0 Å². The van der Waals surface area contributed by atoms with Gasteiger partial charge in [-0.15, -0.1) is 0 Å². The van der Waals surface area contributed by atoms with Gasteiger partial charge in [-0.2, -0.15) is 0 Å². The van der Waals surface area contributed by atoms with E-state index < -0.39 is 0 Å². The van der Waals surface area contributed by atoms with Gasteiger partial charge in [-0.05, 0) is 12.1 Å². The van der Waals surface area contributed by atoms with E-state index in [4.69, 9.17) is 23.2 Å². The molecule has 0 bridgehead atoms. The van der Waals surface area contributed by atoms with Crippen LogP contribution in [-0.2, 0) is 0 Å². The van der Waals surface area contributed by atoms with E-state index in [1.807, 2.05) is 6.07 Å². The number of rotatable bonds is 1. The lowest BCUT2D eigenvalue weighted by molar-refractivity contribution is -0.444. The molecule has 1 aliphatic rings. The minimum absolute atomic E-state index is 0.612. The first-order valence-electron chi connectivity index (χ1n) is 4.33. The fraction of sp³-hybridized carbons (Fsp3) is 0.222. The van der Waals surface area contributed by atoms with Crippen LogP contribution in [0.15, 0.2) is 18.2 Å². The zero-order valence-electron chi connectivity index (χ0n) is 7.40. The van der Waals surface area contributed by atoms with Crippen LogP contribution >= 0.6 is 23.2 Å². The normalized spacial score (nSPS) is 14.9. The molecule has 5 heteroatoms. The van der Waals surface area contributed by atoms with Crippen molar-refractivity contribution in [2.24, 2.45) is 0 Å². The first-order chi connectivity index (χ1) is 6.77. The Morgan fingerprint density at radius 2 is 2.00 bits per heavy atom. The van der Waals surface area contributed by atoms with Crippen LogP contribution < -0.4 is 15.6 Å². The second-order valence-corrected chi connectivity index (χ2v) is 3.76. The van der Waals surface area contributed by atoms with Crippen LogP contribution in [0.4, 0.5) is 5.69 Å². The number of guanidine groups is 1. The van der Waals surface area contributed by atoms with Crippen LogP contribution in [0.1, 0.15) is 0 Å². The molecule has 3 N–H and O–H groups in total. The summed E-state index contributed by atoms with van der Waals surface area (Å²) in [6.45, 7) is 1.81. The lowest BCUT2D eigenvalue weighted by atomic mass is 10.3. The summed E-state index contributed by atoms with van der Waals surface area (Å²) in [6, 6.07) is 5.41. The molecule has 0 amide bonds. The number of hydrogen-bond acceptors (Lipinski definition) is 2. The van der Waals surface area contributed by atoms with Gasteiger partial charge in [0, 0.05) is 0 Å². The highest BCUT2D eigenvalue weighted by atomic mass is 35.5. The van der Waals surface area contributed by atoms with Crippen molar-refractivity contribution < 1.29 is 4.99 Å². The Bertz CT molecular complexity index is 356. The van der Waals surface area contributed by atoms with E-state index in [0.29, 0.717) is 10.0 Å². The zero-order chi connectivity index (χ0) is 9.97. The Hall–Kier alpha value is -0.930. The highest BCUT2D eigenvalue weighted by Crippen LogP contribution is 2.29. The largest absolute Gasteiger partial charge is 0.348 e. The van der Waals surface area contributed by atoms with Gasteiger partial charge >= 0.3 is 5.96 Å². The van der Waals surface area contributed by atoms with Gasteiger partial charge < -0.3 is 0 Å². The third-order valence-corrected chi connectivity index (χ3v) is 2.57. The van der Waals surface area contributed by atoms with Crippen molar-refractivity contribution in [1.29, 1.82) is 0 Å². The van der Waals surface area contributed by atoms with Crippen molar-refractivity contribution >= 4 is 34.8 Å². The Kier molecular flexibility index (Phi) is 2.79. The Morgan fingerprint density at radius 1 is 1.29 bits per heavy atom. The van der Waals surface area contributed by atoms with Crippen LogP contribution in [-0.4, -0.2) is 19.0 Å². The van der Waals surface area contributed by atoms with Gasteiger partial charge in [0.15, 0.2) is 0 Å². The van der Waals surface area contributed by atoms with Crippen LogP contribution in [0.2, 0.25) is 10.0 Å². The molecule has 1 aromatic rings. The lowest BCUT2D eigenvalue weighted by Gasteiger charge is -2.04. The molecule has 3 nitrogen and oxygen atoms in total. The van der Waals surface area contributed by atoms with E-state index in [2.05, 4.69) is 15.6 Å². The standard InChI is InChI=1S/C9H9Cl2N3/c10-6-2-1-3-7(11)8(6)14-9-12-4-5-13-9/h1-3H,4-5H2,(H2,12,13,14)/p+1. The summed E-state index contributed by atoms with van der Waals surface area (Å²) in [7, 11) is 0. The third kappa shape index (κ3) is 1.94. The topological polar surface area (TPSA) is 38.0 Å². The number of nitrogens with one attached hydrogen (secondary N) is 3. The minimum Gasteiger partial charge on any atom is -0.275 e. The Labute approximate surface area is 92.1 Å². The lowest BCUT2D eigenvalue weighted by Crippen LogP contribution is -2.72. The number of hydrogen-bond donors (Lipinski definition) is 3. The predicted molar refractivity (Wildman–Crippen MR) is 58.9 cm³/mol. The fourth-order valence-electron chi connectivity index (χ4n) is 1.27. The average Bonchev–Trinajstić information content (AvgIpc) is 2.64. The van der Waals surface area contributed by atoms with Gasteiger partial charge in [-0.3, -0.25) is 10.3 Å². The van der Waals surface area contributed by atoms with Crippen LogP contribution in [0.25, 0.3) is 0 Å². The zero-order valence-corrected chi connectivity index (χ0v) is 8.91. The molecule has 1 aromatic carbocycles. The average molecular weight is 231 g/mol. The molecule has 0 unspecified atom stereocenters. The van der Waals surface area contributed by atoms with E-state index in [-0.39, 0.29) is 0 Å². The molecule has 0 fully saturated rings. The molecule has 1 heterocycles. The van der Waals surface area contributed by atoms with Gasteiger partial charge in [-0.1, -0.05) is 29.3 Å². The van der Waals surface area contributed by atoms with Crippen LogP contribution in [0, 0.1) is 0 Å². The first kappa shape index (κ1) is 9.62. The summed E-state index contributed by atoms with van der Waals surface area (Å²) in [6.07, 6.45) is 0. The third-order valence-electron chi connectivity index (χ3n) is 1.94. The molecule has 14 heavy (non-hydrogen) atoms. The summed E-state index contributed by atoms with van der Waals surface area (Å²) in [5, 5.41) is 7.47. The highest BCUT2D eigenvalue weighted by Gasteiger charge is 2.15. The fourth-order valence-corrected chi connectivity index (χ4v) is 1.76. The summed E-state index contributed by atoms with van der Waals surface area (Å²) in [5.41, 5.74) is 0.729. The number of anilines is 1. The molecule has 0 atom stereocenters. The second kappa shape index (κ2) is 4.07. The Balaban J connectivity index is 2.23. The summed E-state index contributed by atoms with van der Waals surface area (Å²) >= 11 is 12.0. The van der Waals surface area contributed by atoms with E-state index in [1.54, 1.807) is 12.1 Å². The van der Waals surface area contributed by atoms with Crippen molar-refractivity contribution in [2.45, 2.75) is 0 Å². The van der Waals surface area contributed by atoms with Gasteiger partial charge in [0.25, 0.3) is 0 Å². The first-order valence-corrected chi connectivity index (χ1v) is 5.09. The maximum atomic E-state index is 5.99. The quantitative estimate of drug-likeness (QED) is 0.656. The van der Waals surface area contributed by atoms with Crippen LogP contribution in [0.3, 0.4) is 0 Å². The van der Waals surface area contributed by atoms with Crippen molar-refractivity contribution in [3.63, 3.8) is 0 Å². The monoisotopic (exact) mass is 230 g/mol. The van der Waals surface area contributed by atoms with Gasteiger partial charge in [0.2, 0.25) is 0 Å². The molecular weight excluding hydrogens is 221 g/mol. The van der Waals surface area contributed by atoms with Gasteiger partial charge in [0.1, 0.15) is 5.69 Å². The predicted octanol–water partition coefficient (Wildman–Crippen LogP) is 0.445. The Morgan fingerprint density at radius 3 is 2.57 bits per heavy atom. The maximum Gasteiger partial charge on any atom is 0.348 e. The number of benzene rings is 1. The summed E-state index contributed by atoms with van der Waals surface area (Å²) in [4.78, 5) is 3.14. The molecule has 0 aliphatic carbocycles. The smallest absolute Gasteiger partial charge is 0.275 e. The maximum absolute atomic E-state index is 5.99. The SMILES string of the molecule is Clc1cccc(Cl)c1NC1=[NH+]CCN1. The summed E-state index contributed by atoms with van der Waals surface area (Å²) < 4.78 is 0. The van der Waals surface area contributed by atoms with Crippen molar-refractivity contribution in [3.05, 3.63) is 28.2 Å². The molecule has 74 valence electrons. The molecule has 0 aromatic heterocycles. The van der Waals surface area contributed by atoms with Gasteiger partial charge in [-0.25, -0.2) is 5.32 Å². The second-order valence-electron chi connectivity index (χ2n) is 2.95. The molecule has 0 spiro atoms. The van der Waals surface area contributed by atoms with E-state index in [9.17, 15) is 0 Å². The van der Waals surface area contributed by atoms with Crippen LogP contribution in [0.5, 0.6) is 0 Å². The van der Waals surface area contributed by atoms with Crippen molar-refractivity contribution in [3.8, 4) is 0 Å². The van der Waals surface area contributed by atoms with E-state index in [1.165, 1.54) is 0 Å². The number of halogens is 2. The number of para-hydroxylation sites is 1. The minimum atomic E-state index is 0.612. The van der Waals surface area contributed by atoms with Crippen molar-refractivity contribution in [2.75, 3.05) is 18.4 Å². The molecular formula is C9H10Cl2N3+. The highest BCUT2D eigenvalue weighted by molar-refractivity contribution is 6.39.